The van der Waals surface area contributed by atoms with E-state index in [1.54, 1.807) is 0 Å². The number of hydrogen-bond acceptors (Lipinski definition) is 1. The number of aromatic amines is 1. The van der Waals surface area contributed by atoms with Crippen LogP contribution < -0.4 is 5.56 Å². The van der Waals surface area contributed by atoms with Crippen molar-refractivity contribution < 1.29 is 8.78 Å². The fourth-order valence-corrected chi connectivity index (χ4v) is 1.36. The Balaban J connectivity index is 3.39. The quantitative estimate of drug-likeness (QED) is 0.742. The zero-order valence-electron chi connectivity index (χ0n) is 6.90. The van der Waals surface area contributed by atoms with Crippen molar-refractivity contribution in [3.63, 3.8) is 0 Å². The predicted molar refractivity (Wildman–Crippen MR) is 46.3 cm³/mol. The van der Waals surface area contributed by atoms with Gasteiger partial charge in [0.15, 0.2) is 0 Å². The molecule has 1 aromatic rings. The van der Waals surface area contributed by atoms with Gasteiger partial charge in [0, 0.05) is 12.1 Å². The lowest BCUT2D eigenvalue weighted by molar-refractivity contribution is 0.148. The molecule has 0 saturated heterocycles. The highest BCUT2D eigenvalue weighted by atomic mass is 35.5. The molecule has 0 fully saturated rings. The SMILES string of the molecule is Cc1c(CCl)c[nH]c(=O)c1C(F)F. The fourth-order valence-electron chi connectivity index (χ4n) is 1.08. The van der Waals surface area contributed by atoms with E-state index < -0.39 is 17.5 Å². The highest BCUT2D eigenvalue weighted by Gasteiger charge is 2.16. The Morgan fingerprint density at radius 1 is 1.62 bits per heavy atom. The molecule has 0 spiro atoms. The first kappa shape index (κ1) is 10.2. The van der Waals surface area contributed by atoms with Crippen LogP contribution in [-0.2, 0) is 5.88 Å². The first-order valence-electron chi connectivity index (χ1n) is 3.63. The summed E-state index contributed by atoms with van der Waals surface area (Å²) in [6.45, 7) is 1.47. The Labute approximate surface area is 78.5 Å². The van der Waals surface area contributed by atoms with Gasteiger partial charge in [0.2, 0.25) is 0 Å². The van der Waals surface area contributed by atoms with Gasteiger partial charge in [-0.25, -0.2) is 8.78 Å². The van der Waals surface area contributed by atoms with Crippen LogP contribution in [0.15, 0.2) is 11.0 Å². The maximum atomic E-state index is 12.3. The lowest BCUT2D eigenvalue weighted by Gasteiger charge is -2.06. The molecular weight excluding hydrogens is 200 g/mol. The molecule has 72 valence electrons. The van der Waals surface area contributed by atoms with Crippen molar-refractivity contribution >= 4 is 11.6 Å². The number of rotatable bonds is 2. The third-order valence-corrected chi connectivity index (χ3v) is 2.16. The molecule has 0 aliphatic rings. The lowest BCUT2D eigenvalue weighted by atomic mass is 10.1. The average Bonchev–Trinajstić information content (AvgIpc) is 2.04. The largest absolute Gasteiger partial charge is 0.328 e. The molecule has 2 nitrogen and oxygen atoms in total. The summed E-state index contributed by atoms with van der Waals surface area (Å²) in [5.41, 5.74) is -0.440. The molecule has 1 aromatic heterocycles. The maximum absolute atomic E-state index is 12.3. The van der Waals surface area contributed by atoms with E-state index in [2.05, 4.69) is 4.98 Å². The van der Waals surface area contributed by atoms with Crippen LogP contribution >= 0.6 is 11.6 Å². The molecule has 0 radical (unpaired) electrons. The highest BCUT2D eigenvalue weighted by Crippen LogP contribution is 2.21. The Morgan fingerprint density at radius 2 is 2.23 bits per heavy atom. The van der Waals surface area contributed by atoms with E-state index >= 15 is 0 Å². The smallest absolute Gasteiger partial charge is 0.269 e. The van der Waals surface area contributed by atoms with Crippen LogP contribution in [0.1, 0.15) is 23.1 Å². The van der Waals surface area contributed by atoms with Gasteiger partial charge in [0.1, 0.15) is 0 Å². The topological polar surface area (TPSA) is 32.9 Å². The van der Waals surface area contributed by atoms with Crippen molar-refractivity contribution in [3.8, 4) is 0 Å². The number of alkyl halides is 3. The third-order valence-electron chi connectivity index (χ3n) is 1.87. The van der Waals surface area contributed by atoms with Gasteiger partial charge in [-0.1, -0.05) is 0 Å². The Bertz CT molecular complexity index is 362. The Kier molecular flexibility index (Phi) is 3.03. The predicted octanol–water partition coefficient (Wildman–Crippen LogP) is 2.36. The molecule has 0 amide bonds. The number of hydrogen-bond donors (Lipinski definition) is 1. The molecule has 5 heteroatoms. The maximum Gasteiger partial charge on any atom is 0.269 e. The van der Waals surface area contributed by atoms with E-state index in [-0.39, 0.29) is 11.4 Å². The molecule has 0 atom stereocenters. The van der Waals surface area contributed by atoms with Gasteiger partial charge < -0.3 is 4.98 Å². The van der Waals surface area contributed by atoms with Crippen LogP contribution in [0.25, 0.3) is 0 Å². The van der Waals surface area contributed by atoms with Gasteiger partial charge >= 0.3 is 0 Å². The normalized spacial score (nSPS) is 10.8. The van der Waals surface area contributed by atoms with Crippen molar-refractivity contribution in [2.45, 2.75) is 19.2 Å². The van der Waals surface area contributed by atoms with Crippen molar-refractivity contribution in [1.29, 1.82) is 0 Å². The Morgan fingerprint density at radius 3 is 2.69 bits per heavy atom. The molecule has 1 heterocycles. The van der Waals surface area contributed by atoms with Gasteiger partial charge in [-0.2, -0.15) is 0 Å². The number of H-pyrrole nitrogens is 1. The molecule has 0 saturated carbocycles. The standard InChI is InChI=1S/C8H8ClF2NO/c1-4-5(2-9)3-12-8(13)6(4)7(10)11/h3,7H,2H2,1H3,(H,12,13). The molecule has 0 aliphatic carbocycles. The van der Waals surface area contributed by atoms with Gasteiger partial charge in [0.25, 0.3) is 12.0 Å². The van der Waals surface area contributed by atoms with Crippen molar-refractivity contribution in [2.24, 2.45) is 0 Å². The molecule has 1 N–H and O–H groups in total. The van der Waals surface area contributed by atoms with Gasteiger partial charge in [-0.05, 0) is 18.1 Å². The second kappa shape index (κ2) is 3.87. The molecule has 0 aliphatic heterocycles. The van der Waals surface area contributed by atoms with Crippen LogP contribution in [0.3, 0.4) is 0 Å². The summed E-state index contributed by atoms with van der Waals surface area (Å²) in [6, 6.07) is 0. The summed E-state index contributed by atoms with van der Waals surface area (Å²) in [5, 5.41) is 0. The van der Waals surface area contributed by atoms with E-state index in [9.17, 15) is 13.6 Å². The highest BCUT2D eigenvalue weighted by molar-refractivity contribution is 6.17. The van der Waals surface area contributed by atoms with Gasteiger partial charge in [0.05, 0.1) is 5.56 Å². The molecule has 0 bridgehead atoms. The van der Waals surface area contributed by atoms with E-state index in [0.717, 1.165) is 0 Å². The van der Waals surface area contributed by atoms with E-state index in [0.29, 0.717) is 5.56 Å². The van der Waals surface area contributed by atoms with Gasteiger partial charge in [-0.3, -0.25) is 4.79 Å². The monoisotopic (exact) mass is 207 g/mol. The van der Waals surface area contributed by atoms with Crippen LogP contribution in [0.5, 0.6) is 0 Å². The summed E-state index contributed by atoms with van der Waals surface area (Å²) >= 11 is 5.49. The van der Waals surface area contributed by atoms with E-state index in [4.69, 9.17) is 11.6 Å². The minimum absolute atomic E-state index is 0.113. The minimum Gasteiger partial charge on any atom is -0.328 e. The molecular formula is C8H8ClF2NO. The average molecular weight is 208 g/mol. The summed E-state index contributed by atoms with van der Waals surface area (Å²) < 4.78 is 24.7. The number of aromatic nitrogens is 1. The van der Waals surface area contributed by atoms with Crippen LogP contribution in [0.4, 0.5) is 8.78 Å². The van der Waals surface area contributed by atoms with Crippen molar-refractivity contribution in [1.82, 2.24) is 4.98 Å². The minimum atomic E-state index is -2.76. The second-order valence-corrected chi connectivity index (χ2v) is 2.88. The van der Waals surface area contributed by atoms with Crippen LogP contribution in [0.2, 0.25) is 0 Å². The summed E-state index contributed by atoms with van der Waals surface area (Å²) in [7, 11) is 0. The van der Waals surface area contributed by atoms with Crippen molar-refractivity contribution in [3.05, 3.63) is 33.2 Å². The molecule has 13 heavy (non-hydrogen) atoms. The van der Waals surface area contributed by atoms with E-state index in [1.165, 1.54) is 13.1 Å². The van der Waals surface area contributed by atoms with Crippen LogP contribution in [0, 0.1) is 6.92 Å². The van der Waals surface area contributed by atoms with E-state index in [1.807, 2.05) is 0 Å². The number of pyridine rings is 1. The second-order valence-electron chi connectivity index (χ2n) is 2.62. The van der Waals surface area contributed by atoms with Gasteiger partial charge in [-0.15, -0.1) is 11.6 Å². The number of nitrogens with one attached hydrogen (secondary N) is 1. The third kappa shape index (κ3) is 1.88. The summed E-state index contributed by atoms with van der Waals surface area (Å²) in [4.78, 5) is 13.2. The Hall–Kier alpha value is -0.900. The summed E-state index contributed by atoms with van der Waals surface area (Å²) in [6.07, 6.45) is -1.40. The molecule has 1 rings (SSSR count). The van der Waals surface area contributed by atoms with Crippen molar-refractivity contribution in [2.75, 3.05) is 0 Å². The fraction of sp³-hybridized carbons (Fsp3) is 0.375. The zero-order chi connectivity index (χ0) is 10.0. The number of halogens is 3. The molecule has 0 aromatic carbocycles. The summed E-state index contributed by atoms with van der Waals surface area (Å²) in [5.74, 6) is 0.113. The van der Waals surface area contributed by atoms with Crippen LogP contribution in [-0.4, -0.2) is 4.98 Å². The molecule has 0 unspecified atom stereocenters. The first-order chi connectivity index (χ1) is 6.07. The lowest BCUT2D eigenvalue weighted by Crippen LogP contribution is -2.15. The zero-order valence-corrected chi connectivity index (χ0v) is 7.66. The first-order valence-corrected chi connectivity index (χ1v) is 4.16.